The molecule has 0 atom stereocenters. The molecule has 0 bridgehead atoms. The van der Waals surface area contributed by atoms with E-state index in [-0.39, 0.29) is 0 Å². The summed E-state index contributed by atoms with van der Waals surface area (Å²) in [5.74, 6) is 0. The Bertz CT molecular complexity index is 476. The van der Waals surface area contributed by atoms with Gasteiger partial charge in [-0.25, -0.2) is 0 Å². The van der Waals surface area contributed by atoms with E-state index in [1.165, 1.54) is 16.7 Å². The van der Waals surface area contributed by atoms with Gasteiger partial charge in [0.2, 0.25) is 0 Å². The molecule has 100 valence electrons. The summed E-state index contributed by atoms with van der Waals surface area (Å²) >= 11 is 0. The summed E-state index contributed by atoms with van der Waals surface area (Å²) in [4.78, 5) is 2.34. The maximum atomic E-state index is 3.17. The fourth-order valence-electron chi connectivity index (χ4n) is 2.23. The van der Waals surface area contributed by atoms with Gasteiger partial charge >= 0.3 is 0 Å². The Labute approximate surface area is 116 Å². The summed E-state index contributed by atoms with van der Waals surface area (Å²) < 4.78 is 0. The Kier molecular flexibility index (Phi) is 5.13. The van der Waals surface area contributed by atoms with Gasteiger partial charge in [-0.3, -0.25) is 4.90 Å². The monoisotopic (exact) mass is 254 g/mol. The van der Waals surface area contributed by atoms with Crippen molar-refractivity contribution in [1.29, 1.82) is 0 Å². The van der Waals surface area contributed by atoms with E-state index in [0.29, 0.717) is 0 Å². The van der Waals surface area contributed by atoms with Crippen molar-refractivity contribution in [2.24, 2.45) is 0 Å². The van der Waals surface area contributed by atoms with Crippen molar-refractivity contribution in [3.8, 4) is 0 Å². The van der Waals surface area contributed by atoms with Gasteiger partial charge in [0, 0.05) is 19.6 Å². The maximum Gasteiger partial charge on any atom is 0.0234 e. The molecule has 19 heavy (non-hydrogen) atoms. The number of benzene rings is 2. The fourth-order valence-corrected chi connectivity index (χ4v) is 2.23. The van der Waals surface area contributed by atoms with Crippen LogP contribution in [0.2, 0.25) is 0 Å². The second kappa shape index (κ2) is 7.07. The van der Waals surface area contributed by atoms with Crippen molar-refractivity contribution in [3.05, 3.63) is 71.3 Å². The van der Waals surface area contributed by atoms with Gasteiger partial charge in [-0.15, -0.1) is 0 Å². The van der Waals surface area contributed by atoms with Crippen molar-refractivity contribution in [2.75, 3.05) is 14.1 Å². The van der Waals surface area contributed by atoms with E-state index in [9.17, 15) is 0 Å². The largest absolute Gasteiger partial charge is 0.316 e. The number of hydrogen-bond acceptors (Lipinski definition) is 2. The average Bonchev–Trinajstić information content (AvgIpc) is 2.42. The number of nitrogens with one attached hydrogen (secondary N) is 1. The summed E-state index contributed by atoms with van der Waals surface area (Å²) in [5.41, 5.74) is 4.05. The van der Waals surface area contributed by atoms with Crippen LogP contribution in [0.5, 0.6) is 0 Å². The van der Waals surface area contributed by atoms with E-state index < -0.39 is 0 Å². The van der Waals surface area contributed by atoms with Gasteiger partial charge in [0.1, 0.15) is 0 Å². The second-order valence-corrected chi connectivity index (χ2v) is 5.00. The lowest BCUT2D eigenvalue weighted by Gasteiger charge is -2.17. The van der Waals surface area contributed by atoms with E-state index >= 15 is 0 Å². The topological polar surface area (TPSA) is 15.3 Å². The molecule has 0 heterocycles. The molecule has 2 aromatic rings. The highest BCUT2D eigenvalue weighted by Crippen LogP contribution is 2.09. The third kappa shape index (κ3) is 4.51. The van der Waals surface area contributed by atoms with Crippen LogP contribution in [0.25, 0.3) is 0 Å². The van der Waals surface area contributed by atoms with Crippen molar-refractivity contribution in [3.63, 3.8) is 0 Å². The van der Waals surface area contributed by atoms with Crippen LogP contribution in [0.1, 0.15) is 16.7 Å². The minimum atomic E-state index is 0.931. The van der Waals surface area contributed by atoms with E-state index in [2.05, 4.69) is 71.9 Å². The van der Waals surface area contributed by atoms with Gasteiger partial charge in [-0.1, -0.05) is 54.6 Å². The van der Waals surface area contributed by atoms with E-state index in [1.807, 2.05) is 7.05 Å². The standard InChI is InChI=1S/C17H22N2/c1-18-12-15-8-10-17(11-9-15)14-19(2)13-16-6-4-3-5-7-16/h3-11,18H,12-14H2,1-2H3. The number of hydrogen-bond donors (Lipinski definition) is 1. The first-order valence-electron chi connectivity index (χ1n) is 6.73. The van der Waals surface area contributed by atoms with Gasteiger partial charge < -0.3 is 5.32 Å². The molecule has 0 saturated carbocycles. The van der Waals surface area contributed by atoms with Crippen LogP contribution < -0.4 is 5.32 Å². The molecule has 0 spiro atoms. The van der Waals surface area contributed by atoms with Crippen LogP contribution in [-0.4, -0.2) is 19.0 Å². The maximum absolute atomic E-state index is 3.17. The third-order valence-corrected chi connectivity index (χ3v) is 3.15. The molecule has 2 aromatic carbocycles. The predicted octanol–water partition coefficient (Wildman–Crippen LogP) is 3.04. The smallest absolute Gasteiger partial charge is 0.0234 e. The summed E-state index contributed by atoms with van der Waals surface area (Å²) in [6.07, 6.45) is 0. The van der Waals surface area contributed by atoms with Gasteiger partial charge in [-0.2, -0.15) is 0 Å². The molecule has 2 rings (SSSR count). The Morgan fingerprint density at radius 1 is 0.789 bits per heavy atom. The summed E-state index contributed by atoms with van der Waals surface area (Å²) in [6.45, 7) is 2.90. The zero-order valence-corrected chi connectivity index (χ0v) is 11.8. The molecular formula is C17H22N2. The van der Waals surface area contributed by atoms with Crippen LogP contribution in [-0.2, 0) is 19.6 Å². The van der Waals surface area contributed by atoms with Gasteiger partial charge in [0.05, 0.1) is 0 Å². The molecule has 1 N–H and O–H groups in total. The highest BCUT2D eigenvalue weighted by molar-refractivity contribution is 5.22. The second-order valence-electron chi connectivity index (χ2n) is 5.00. The molecule has 0 unspecified atom stereocenters. The molecule has 2 nitrogen and oxygen atoms in total. The molecule has 0 aliphatic rings. The lowest BCUT2D eigenvalue weighted by atomic mass is 10.1. The van der Waals surface area contributed by atoms with Crippen LogP contribution in [0.15, 0.2) is 54.6 Å². The highest BCUT2D eigenvalue weighted by Gasteiger charge is 2.01. The van der Waals surface area contributed by atoms with Crippen molar-refractivity contribution in [2.45, 2.75) is 19.6 Å². The molecule has 0 aliphatic heterocycles. The number of rotatable bonds is 6. The van der Waals surface area contributed by atoms with E-state index in [1.54, 1.807) is 0 Å². The van der Waals surface area contributed by atoms with Gasteiger partial charge in [-0.05, 0) is 30.8 Å². The van der Waals surface area contributed by atoms with Crippen LogP contribution in [0, 0.1) is 0 Å². The fraction of sp³-hybridized carbons (Fsp3) is 0.294. The first kappa shape index (κ1) is 13.8. The molecule has 0 saturated heterocycles. The van der Waals surface area contributed by atoms with Crippen LogP contribution >= 0.6 is 0 Å². The Morgan fingerprint density at radius 3 is 1.89 bits per heavy atom. The van der Waals surface area contributed by atoms with Crippen LogP contribution in [0.4, 0.5) is 0 Å². The SMILES string of the molecule is CNCc1ccc(CN(C)Cc2ccccc2)cc1. The molecule has 0 aliphatic carbocycles. The zero-order valence-electron chi connectivity index (χ0n) is 11.8. The minimum absolute atomic E-state index is 0.931. The molecular weight excluding hydrogens is 232 g/mol. The molecule has 0 aromatic heterocycles. The lowest BCUT2D eigenvalue weighted by Crippen LogP contribution is -2.17. The first-order valence-corrected chi connectivity index (χ1v) is 6.73. The third-order valence-electron chi connectivity index (χ3n) is 3.15. The van der Waals surface area contributed by atoms with Crippen molar-refractivity contribution in [1.82, 2.24) is 10.2 Å². The van der Waals surface area contributed by atoms with Crippen molar-refractivity contribution < 1.29 is 0 Å². The van der Waals surface area contributed by atoms with Crippen LogP contribution in [0.3, 0.4) is 0 Å². The molecule has 0 amide bonds. The Morgan fingerprint density at radius 2 is 1.32 bits per heavy atom. The van der Waals surface area contributed by atoms with Crippen molar-refractivity contribution >= 4 is 0 Å². The first-order chi connectivity index (χ1) is 9.28. The summed E-state index contributed by atoms with van der Waals surface area (Å²) in [5, 5.41) is 3.17. The number of nitrogens with zero attached hydrogens (tertiary/aromatic N) is 1. The van der Waals surface area contributed by atoms with Gasteiger partial charge in [0.25, 0.3) is 0 Å². The normalized spacial score (nSPS) is 10.9. The molecule has 2 heteroatoms. The summed E-state index contributed by atoms with van der Waals surface area (Å²) in [7, 11) is 4.13. The Balaban J connectivity index is 1.89. The minimum Gasteiger partial charge on any atom is -0.316 e. The molecule has 0 radical (unpaired) electrons. The average molecular weight is 254 g/mol. The predicted molar refractivity (Wildman–Crippen MR) is 80.8 cm³/mol. The van der Waals surface area contributed by atoms with Gasteiger partial charge in [0.15, 0.2) is 0 Å². The zero-order chi connectivity index (χ0) is 13.5. The summed E-state index contributed by atoms with van der Waals surface area (Å²) in [6, 6.07) is 19.4. The quantitative estimate of drug-likeness (QED) is 0.852. The highest BCUT2D eigenvalue weighted by atomic mass is 15.1. The van der Waals surface area contributed by atoms with E-state index in [0.717, 1.165) is 19.6 Å². The van der Waals surface area contributed by atoms with E-state index in [4.69, 9.17) is 0 Å². The lowest BCUT2D eigenvalue weighted by molar-refractivity contribution is 0.319. The molecule has 0 fully saturated rings. The Hall–Kier alpha value is -1.64.